The average molecular weight is 334 g/mol. The van der Waals surface area contributed by atoms with Gasteiger partial charge in [0.05, 0.1) is 25.8 Å². The van der Waals surface area contributed by atoms with E-state index in [-0.39, 0.29) is 23.9 Å². The molecule has 0 aromatic heterocycles. The summed E-state index contributed by atoms with van der Waals surface area (Å²) >= 11 is 0. The fourth-order valence-electron chi connectivity index (χ4n) is 2.88. The second-order valence-electron chi connectivity index (χ2n) is 5.77. The summed E-state index contributed by atoms with van der Waals surface area (Å²) in [5, 5.41) is 10.1. The Kier molecular flexibility index (Phi) is 5.14. The number of amides is 1. The molecule has 0 saturated heterocycles. The molecule has 24 heavy (non-hydrogen) atoms. The highest BCUT2D eigenvalue weighted by Gasteiger charge is 2.42. The maximum atomic E-state index is 12.4. The predicted octanol–water partition coefficient (Wildman–Crippen LogP) is 1.34. The first-order valence-corrected chi connectivity index (χ1v) is 7.54. The molecule has 130 valence electrons. The molecule has 1 aromatic carbocycles. The van der Waals surface area contributed by atoms with Gasteiger partial charge in [-0.25, -0.2) is 0 Å². The van der Waals surface area contributed by atoms with Gasteiger partial charge in [0.25, 0.3) is 5.91 Å². The monoisotopic (exact) mass is 334 g/mol. The highest BCUT2D eigenvalue weighted by atomic mass is 16.5. The van der Waals surface area contributed by atoms with Crippen LogP contribution in [0.15, 0.2) is 29.5 Å². The van der Waals surface area contributed by atoms with E-state index >= 15 is 0 Å². The molecule has 2 rings (SSSR count). The number of ether oxygens (including phenoxy) is 2. The average Bonchev–Trinajstić information content (AvgIpc) is 2.78. The molecule has 1 aliphatic heterocycles. The second kappa shape index (κ2) is 6.92. The zero-order valence-corrected chi connectivity index (χ0v) is 14.2. The number of hydrogen-bond acceptors (Lipinski definition) is 6. The maximum absolute atomic E-state index is 12.4. The smallest absolute Gasteiger partial charge is 0.290 e. The third-order valence-electron chi connectivity index (χ3n) is 3.89. The summed E-state index contributed by atoms with van der Waals surface area (Å²) in [4.78, 5) is 25.8. The lowest BCUT2D eigenvalue weighted by atomic mass is 9.96. The number of nitrogens with zero attached hydrogens (tertiary/aromatic N) is 1. The van der Waals surface area contributed by atoms with Crippen molar-refractivity contribution in [1.82, 2.24) is 4.90 Å². The summed E-state index contributed by atoms with van der Waals surface area (Å²) in [6.45, 7) is 3.28. The van der Waals surface area contributed by atoms with E-state index in [0.29, 0.717) is 17.1 Å². The lowest BCUT2D eigenvalue weighted by Crippen LogP contribution is -2.39. The van der Waals surface area contributed by atoms with E-state index in [1.807, 2.05) is 0 Å². The summed E-state index contributed by atoms with van der Waals surface area (Å²) in [6, 6.07) is 4.09. The number of hydrogen-bond donors (Lipinski definition) is 2. The third-order valence-corrected chi connectivity index (χ3v) is 3.89. The molecule has 0 bridgehead atoms. The zero-order valence-electron chi connectivity index (χ0n) is 14.2. The van der Waals surface area contributed by atoms with Crippen LogP contribution in [0.2, 0.25) is 0 Å². The Morgan fingerprint density at radius 1 is 1.33 bits per heavy atom. The van der Waals surface area contributed by atoms with Crippen molar-refractivity contribution in [1.29, 1.82) is 0 Å². The Bertz CT molecular complexity index is 696. The van der Waals surface area contributed by atoms with Crippen LogP contribution < -0.4 is 15.2 Å². The molecule has 7 heteroatoms. The molecule has 1 aromatic rings. The van der Waals surface area contributed by atoms with Gasteiger partial charge in [0.1, 0.15) is 0 Å². The largest absolute Gasteiger partial charge is 0.503 e. The van der Waals surface area contributed by atoms with Crippen molar-refractivity contribution in [3.05, 3.63) is 35.1 Å². The molecule has 0 aliphatic carbocycles. The van der Waals surface area contributed by atoms with Gasteiger partial charge in [-0.05, 0) is 31.5 Å². The molecule has 1 heterocycles. The van der Waals surface area contributed by atoms with Crippen molar-refractivity contribution in [2.45, 2.75) is 25.9 Å². The van der Waals surface area contributed by atoms with Gasteiger partial charge in [0, 0.05) is 12.6 Å². The molecule has 2 atom stereocenters. The number of rotatable bonds is 6. The van der Waals surface area contributed by atoms with Gasteiger partial charge in [-0.3, -0.25) is 9.59 Å². The van der Waals surface area contributed by atoms with Crippen molar-refractivity contribution in [2.24, 2.45) is 5.73 Å². The first-order valence-electron chi connectivity index (χ1n) is 7.54. The number of nitrogens with two attached hydrogens (primary N) is 1. The third kappa shape index (κ3) is 3.07. The molecule has 3 N–H and O–H groups in total. The van der Waals surface area contributed by atoms with E-state index < -0.39 is 17.7 Å². The topological polar surface area (TPSA) is 102 Å². The Morgan fingerprint density at radius 3 is 2.46 bits per heavy atom. The summed E-state index contributed by atoms with van der Waals surface area (Å²) in [5.74, 6) is -0.493. The minimum Gasteiger partial charge on any atom is -0.503 e. The van der Waals surface area contributed by atoms with Gasteiger partial charge < -0.3 is 25.2 Å². The van der Waals surface area contributed by atoms with Crippen molar-refractivity contribution >= 4 is 11.7 Å². The number of aliphatic hydroxyl groups excluding tert-OH is 1. The van der Waals surface area contributed by atoms with Crippen LogP contribution in [-0.2, 0) is 9.59 Å². The van der Waals surface area contributed by atoms with E-state index in [1.165, 1.54) is 26.0 Å². The molecule has 0 spiro atoms. The van der Waals surface area contributed by atoms with Crippen molar-refractivity contribution in [3.8, 4) is 11.5 Å². The lowest BCUT2D eigenvalue weighted by Gasteiger charge is -2.28. The SMILES string of the molecule is COc1ccc([C@H]2C(C(C)=O)=C(O)C(=O)N2C[C@@H](C)N)cc1OC. The van der Waals surface area contributed by atoms with Crippen LogP contribution in [0.5, 0.6) is 11.5 Å². The van der Waals surface area contributed by atoms with E-state index in [0.717, 1.165) is 0 Å². The molecular weight excluding hydrogens is 312 g/mol. The molecule has 0 radical (unpaired) electrons. The van der Waals surface area contributed by atoms with Gasteiger partial charge >= 0.3 is 0 Å². The van der Waals surface area contributed by atoms with E-state index in [2.05, 4.69) is 0 Å². The second-order valence-corrected chi connectivity index (χ2v) is 5.77. The fourth-order valence-corrected chi connectivity index (χ4v) is 2.88. The first kappa shape index (κ1) is 17.8. The van der Waals surface area contributed by atoms with Crippen LogP contribution in [0.4, 0.5) is 0 Å². The highest BCUT2D eigenvalue weighted by molar-refractivity contribution is 6.08. The molecule has 0 unspecified atom stereocenters. The van der Waals surface area contributed by atoms with E-state index in [4.69, 9.17) is 15.2 Å². The molecule has 0 fully saturated rings. The number of aliphatic hydroxyl groups is 1. The van der Waals surface area contributed by atoms with Crippen LogP contribution in [0.1, 0.15) is 25.5 Å². The Hall–Kier alpha value is -2.54. The highest BCUT2D eigenvalue weighted by Crippen LogP contribution is 2.40. The number of ketones is 1. The number of carbonyl (C=O) groups excluding carboxylic acids is 2. The predicted molar refractivity (Wildman–Crippen MR) is 88.0 cm³/mol. The van der Waals surface area contributed by atoms with Crippen LogP contribution in [0.25, 0.3) is 0 Å². The van der Waals surface area contributed by atoms with Gasteiger partial charge in [0.15, 0.2) is 23.0 Å². The summed E-state index contributed by atoms with van der Waals surface area (Å²) < 4.78 is 10.5. The first-order chi connectivity index (χ1) is 11.3. The molecule has 0 saturated carbocycles. The Morgan fingerprint density at radius 2 is 1.96 bits per heavy atom. The lowest BCUT2D eigenvalue weighted by molar-refractivity contribution is -0.129. The Labute approximate surface area is 140 Å². The van der Waals surface area contributed by atoms with Gasteiger partial charge in [-0.15, -0.1) is 0 Å². The summed E-state index contributed by atoms with van der Waals surface area (Å²) in [7, 11) is 3.02. The standard InChI is InChI=1S/C17H22N2O5/c1-9(18)8-19-15(14(10(2)20)16(21)17(19)22)11-5-6-12(23-3)13(7-11)24-4/h5-7,9,15,21H,8,18H2,1-4H3/t9-,15+/m1/s1. The zero-order chi connectivity index (χ0) is 18.0. The molecule has 1 amide bonds. The van der Waals surface area contributed by atoms with Crippen LogP contribution in [0, 0.1) is 0 Å². The number of methoxy groups -OCH3 is 2. The van der Waals surface area contributed by atoms with Gasteiger partial charge in [0.2, 0.25) is 0 Å². The Balaban J connectivity index is 2.57. The van der Waals surface area contributed by atoms with E-state index in [1.54, 1.807) is 25.1 Å². The number of carbonyl (C=O) groups is 2. The van der Waals surface area contributed by atoms with Crippen molar-refractivity contribution in [2.75, 3.05) is 20.8 Å². The number of benzene rings is 1. The van der Waals surface area contributed by atoms with Crippen molar-refractivity contribution in [3.63, 3.8) is 0 Å². The summed E-state index contributed by atoms with van der Waals surface area (Å²) in [5.41, 5.74) is 6.52. The van der Waals surface area contributed by atoms with Crippen LogP contribution in [-0.4, -0.2) is 48.5 Å². The minimum atomic E-state index is -0.708. The van der Waals surface area contributed by atoms with Gasteiger partial charge in [-0.2, -0.15) is 0 Å². The van der Waals surface area contributed by atoms with Crippen LogP contribution in [0.3, 0.4) is 0 Å². The van der Waals surface area contributed by atoms with E-state index in [9.17, 15) is 14.7 Å². The summed E-state index contributed by atoms with van der Waals surface area (Å²) in [6.07, 6.45) is 0. The van der Waals surface area contributed by atoms with Gasteiger partial charge in [-0.1, -0.05) is 6.07 Å². The maximum Gasteiger partial charge on any atom is 0.290 e. The quantitative estimate of drug-likeness (QED) is 0.814. The van der Waals surface area contributed by atoms with Crippen molar-refractivity contribution < 1.29 is 24.2 Å². The van der Waals surface area contributed by atoms with Crippen LogP contribution >= 0.6 is 0 Å². The molecule has 7 nitrogen and oxygen atoms in total. The molecule has 1 aliphatic rings. The molecular formula is C17H22N2O5. The number of Topliss-reactive ketones (excluding diaryl/α,β-unsaturated/α-hetero) is 1. The fraction of sp³-hybridized carbons (Fsp3) is 0.412. The normalized spacial score (nSPS) is 18.8. The minimum absolute atomic E-state index is 0.0628.